The first-order chi connectivity index (χ1) is 18.1. The Morgan fingerprint density at radius 1 is 0.684 bits per heavy atom. The number of halogens is 1. The van der Waals surface area contributed by atoms with Gasteiger partial charge in [-0.3, -0.25) is 0 Å². The molecule has 0 radical (unpaired) electrons. The molecule has 0 saturated carbocycles. The van der Waals surface area contributed by atoms with E-state index in [1.54, 1.807) is 0 Å². The molecule has 6 heteroatoms. The van der Waals surface area contributed by atoms with E-state index in [-0.39, 0.29) is 34.0 Å². The van der Waals surface area contributed by atoms with Gasteiger partial charge in [0.1, 0.15) is 23.6 Å². The number of pyridine rings is 1. The number of aromatic nitrogens is 1. The molecular formula is C32H44BrNO4. The van der Waals surface area contributed by atoms with Crippen LogP contribution in [0.1, 0.15) is 100 Å². The van der Waals surface area contributed by atoms with Gasteiger partial charge in [-0.05, 0) is 37.1 Å². The normalized spacial score (nSPS) is 10.8. The zero-order valence-electron chi connectivity index (χ0n) is 22.6. The number of aromatic hydroxyl groups is 2. The molecule has 0 aliphatic rings. The number of hydrogen-bond donors (Lipinski definition) is 2. The number of carbonyl (C=O) groups is 1. The van der Waals surface area contributed by atoms with Crippen LogP contribution in [0.3, 0.4) is 0 Å². The minimum absolute atomic E-state index is 0. The maximum Gasteiger partial charge on any atom is 0.341 e. The molecular weight excluding hydrogens is 542 g/mol. The highest BCUT2D eigenvalue weighted by molar-refractivity contribution is 5.92. The molecule has 0 aliphatic heterocycles. The first-order valence-electron chi connectivity index (χ1n) is 14.2. The Morgan fingerprint density at radius 2 is 1.24 bits per heavy atom. The molecule has 1 heterocycles. The number of esters is 1. The maximum absolute atomic E-state index is 12.0. The Kier molecular flexibility index (Phi) is 15.5. The molecule has 0 bridgehead atoms. The molecule has 3 rings (SSSR count). The number of hydrogen-bond acceptors (Lipinski definition) is 4. The number of nitrogens with zero attached hydrogens (tertiary/aromatic N) is 1. The highest BCUT2D eigenvalue weighted by Gasteiger charge is 2.12. The van der Waals surface area contributed by atoms with Crippen molar-refractivity contribution < 1.29 is 41.3 Å². The fraction of sp³-hybridized carbons (Fsp3) is 0.500. The van der Waals surface area contributed by atoms with Crippen molar-refractivity contribution in [1.82, 2.24) is 0 Å². The molecule has 0 saturated heterocycles. The van der Waals surface area contributed by atoms with Gasteiger partial charge >= 0.3 is 5.97 Å². The number of carbonyl (C=O) groups excluding carboxylic acids is 1. The van der Waals surface area contributed by atoms with Crippen molar-refractivity contribution in [3.8, 4) is 11.5 Å². The number of aryl methyl sites for hydroxylation is 1. The van der Waals surface area contributed by atoms with Gasteiger partial charge in [-0.1, -0.05) is 82.8 Å². The van der Waals surface area contributed by atoms with Crippen LogP contribution in [0.2, 0.25) is 0 Å². The predicted octanol–water partition coefficient (Wildman–Crippen LogP) is 4.86. The van der Waals surface area contributed by atoms with Gasteiger partial charge in [0.2, 0.25) is 5.52 Å². The molecule has 3 aromatic rings. The summed E-state index contributed by atoms with van der Waals surface area (Å²) in [4.78, 5) is 12.0. The number of fused-ring (bicyclic) bond motifs is 1. The molecule has 2 aromatic carbocycles. The van der Waals surface area contributed by atoms with E-state index in [0.717, 1.165) is 25.5 Å². The van der Waals surface area contributed by atoms with E-state index in [1.807, 2.05) is 0 Å². The summed E-state index contributed by atoms with van der Waals surface area (Å²) in [7, 11) is 0. The van der Waals surface area contributed by atoms with Crippen molar-refractivity contribution >= 4 is 16.9 Å². The molecule has 0 fully saturated rings. The summed E-state index contributed by atoms with van der Waals surface area (Å²) in [6.45, 7) is 1.47. The van der Waals surface area contributed by atoms with E-state index in [1.165, 1.54) is 100 Å². The molecule has 38 heavy (non-hydrogen) atoms. The van der Waals surface area contributed by atoms with E-state index >= 15 is 0 Å². The summed E-state index contributed by atoms with van der Waals surface area (Å²) in [5.41, 5.74) is 1.42. The molecule has 5 nitrogen and oxygen atoms in total. The molecule has 0 atom stereocenters. The average Bonchev–Trinajstić information content (AvgIpc) is 2.90. The van der Waals surface area contributed by atoms with Crippen LogP contribution in [0.25, 0.3) is 10.9 Å². The standard InChI is InChI=1S/C32H43NO4.BrH/c34-28-21-22-29(31(35)26-28)32(36)37-25-16-12-10-8-6-4-2-1-3-5-7-9-11-15-23-33-24-17-19-27-18-13-14-20-30(27)33;/h13-14,17-22,24,26H,1-12,15-16,23,25H2,(H-,34,35,36);1H. The second-order valence-corrected chi connectivity index (χ2v) is 10.0. The van der Waals surface area contributed by atoms with E-state index in [2.05, 4.69) is 47.2 Å². The smallest absolute Gasteiger partial charge is 0.341 e. The highest BCUT2D eigenvalue weighted by Crippen LogP contribution is 2.23. The number of benzene rings is 2. The summed E-state index contributed by atoms with van der Waals surface area (Å²) >= 11 is 0. The fourth-order valence-electron chi connectivity index (χ4n) is 4.86. The van der Waals surface area contributed by atoms with Gasteiger partial charge in [0.25, 0.3) is 0 Å². The number of para-hydroxylation sites is 1. The van der Waals surface area contributed by atoms with Crippen molar-refractivity contribution in [3.63, 3.8) is 0 Å². The second kappa shape index (κ2) is 18.6. The third-order valence-electron chi connectivity index (χ3n) is 7.02. The quantitative estimate of drug-likeness (QED) is 0.127. The molecule has 208 valence electrons. The summed E-state index contributed by atoms with van der Waals surface area (Å²) < 4.78 is 7.60. The largest absolute Gasteiger partial charge is 1.00 e. The Morgan fingerprint density at radius 3 is 1.87 bits per heavy atom. The monoisotopic (exact) mass is 585 g/mol. The zero-order valence-corrected chi connectivity index (χ0v) is 24.2. The summed E-state index contributed by atoms with van der Waals surface area (Å²) in [6, 6.07) is 16.8. The number of phenolic OH excluding ortho intramolecular Hbond substituents is 2. The summed E-state index contributed by atoms with van der Waals surface area (Å²) in [5, 5.41) is 20.3. The first kappa shape index (κ1) is 31.6. The van der Waals surface area contributed by atoms with Crippen LogP contribution >= 0.6 is 0 Å². The minimum Gasteiger partial charge on any atom is -1.00 e. The molecule has 0 amide bonds. The Labute approximate surface area is 238 Å². The number of phenols is 2. The number of rotatable bonds is 18. The SMILES string of the molecule is O=C(OCCCCCCCCCCCCCCCC[n+]1cccc2ccccc21)c1ccc(O)cc1O.[Br-]. The van der Waals surface area contributed by atoms with Gasteiger partial charge < -0.3 is 31.9 Å². The van der Waals surface area contributed by atoms with Gasteiger partial charge in [0, 0.05) is 30.0 Å². The lowest BCUT2D eigenvalue weighted by Crippen LogP contribution is -3.00. The van der Waals surface area contributed by atoms with Crippen LogP contribution in [0.5, 0.6) is 11.5 Å². The molecule has 0 aliphatic carbocycles. The predicted molar refractivity (Wildman–Crippen MR) is 149 cm³/mol. The summed E-state index contributed by atoms with van der Waals surface area (Å²) in [6.07, 6.45) is 19.8. The van der Waals surface area contributed by atoms with Crippen LogP contribution < -0.4 is 21.5 Å². The van der Waals surface area contributed by atoms with Crippen molar-refractivity contribution in [2.75, 3.05) is 6.61 Å². The fourth-order valence-corrected chi connectivity index (χ4v) is 4.86. The molecule has 0 spiro atoms. The number of unbranched alkanes of at least 4 members (excludes halogenated alkanes) is 13. The average molecular weight is 587 g/mol. The lowest BCUT2D eigenvalue weighted by atomic mass is 10.0. The number of ether oxygens (including phenoxy) is 1. The van der Waals surface area contributed by atoms with Crippen molar-refractivity contribution in [2.24, 2.45) is 0 Å². The van der Waals surface area contributed by atoms with Crippen LogP contribution in [0, 0.1) is 0 Å². The molecule has 1 aromatic heterocycles. The third kappa shape index (κ3) is 11.4. The molecule has 2 N–H and O–H groups in total. The van der Waals surface area contributed by atoms with Crippen LogP contribution in [0.15, 0.2) is 60.8 Å². The van der Waals surface area contributed by atoms with Crippen LogP contribution in [-0.4, -0.2) is 22.8 Å². The lowest BCUT2D eigenvalue weighted by Gasteiger charge is -2.07. The van der Waals surface area contributed by atoms with E-state index in [0.29, 0.717) is 6.61 Å². The first-order valence-corrected chi connectivity index (χ1v) is 14.2. The topological polar surface area (TPSA) is 70.6 Å². The molecule has 0 unspecified atom stereocenters. The Hall–Kier alpha value is -2.60. The van der Waals surface area contributed by atoms with Gasteiger partial charge in [0.15, 0.2) is 6.20 Å². The zero-order chi connectivity index (χ0) is 26.1. The summed E-state index contributed by atoms with van der Waals surface area (Å²) in [5.74, 6) is -0.873. The minimum atomic E-state index is -0.544. The van der Waals surface area contributed by atoms with Gasteiger partial charge in [0.05, 0.1) is 6.61 Å². The second-order valence-electron chi connectivity index (χ2n) is 10.0. The van der Waals surface area contributed by atoms with Gasteiger partial charge in [-0.15, -0.1) is 0 Å². The van der Waals surface area contributed by atoms with Gasteiger partial charge in [-0.2, -0.15) is 4.57 Å². The maximum atomic E-state index is 12.0. The van der Waals surface area contributed by atoms with Crippen LogP contribution in [0.4, 0.5) is 0 Å². The van der Waals surface area contributed by atoms with Crippen molar-refractivity contribution in [3.05, 3.63) is 66.4 Å². The Bertz CT molecular complexity index is 1080. The van der Waals surface area contributed by atoms with Gasteiger partial charge in [-0.25, -0.2) is 4.79 Å². The van der Waals surface area contributed by atoms with Crippen LogP contribution in [-0.2, 0) is 11.3 Å². The Balaban J connectivity index is 0.00000507. The lowest BCUT2D eigenvalue weighted by molar-refractivity contribution is -0.671. The van der Waals surface area contributed by atoms with Crippen molar-refractivity contribution in [1.29, 1.82) is 0 Å². The van der Waals surface area contributed by atoms with Crippen molar-refractivity contribution in [2.45, 2.75) is 96.4 Å². The van der Waals surface area contributed by atoms with E-state index in [9.17, 15) is 15.0 Å². The highest BCUT2D eigenvalue weighted by atomic mass is 79.9. The third-order valence-corrected chi connectivity index (χ3v) is 7.02. The van der Waals surface area contributed by atoms with E-state index in [4.69, 9.17) is 4.74 Å². The van der Waals surface area contributed by atoms with E-state index < -0.39 is 5.97 Å².